The standard InChI is InChI=1S/C22H24N2O2/c1-15(17-11-10-16-5-2-6-18(16)13-17)23-22(26)19-7-3-8-20(14-19)24-12-4-9-21(24)25/h3,7-8,10-11,13-15H,2,4-6,9,12H2,1H3,(H,23,26)/t15-/m1/s1. The summed E-state index contributed by atoms with van der Waals surface area (Å²) in [6.07, 6.45) is 4.99. The zero-order valence-electron chi connectivity index (χ0n) is 15.1. The van der Waals surface area contributed by atoms with Crippen molar-refractivity contribution in [3.63, 3.8) is 0 Å². The molecule has 4 rings (SSSR count). The highest BCUT2D eigenvalue weighted by molar-refractivity contribution is 5.99. The molecule has 1 aliphatic heterocycles. The van der Waals surface area contributed by atoms with E-state index in [0.717, 1.165) is 30.6 Å². The minimum Gasteiger partial charge on any atom is -0.346 e. The molecule has 1 atom stereocenters. The van der Waals surface area contributed by atoms with E-state index < -0.39 is 0 Å². The zero-order chi connectivity index (χ0) is 18.1. The second kappa shape index (κ2) is 6.94. The first kappa shape index (κ1) is 16.8. The van der Waals surface area contributed by atoms with Crippen LogP contribution in [0.5, 0.6) is 0 Å². The van der Waals surface area contributed by atoms with Crippen molar-refractivity contribution in [2.75, 3.05) is 11.4 Å². The van der Waals surface area contributed by atoms with E-state index >= 15 is 0 Å². The Hall–Kier alpha value is -2.62. The van der Waals surface area contributed by atoms with Gasteiger partial charge in [0, 0.05) is 24.2 Å². The number of aryl methyl sites for hydroxylation is 2. The van der Waals surface area contributed by atoms with Gasteiger partial charge in [-0.25, -0.2) is 0 Å². The van der Waals surface area contributed by atoms with E-state index in [9.17, 15) is 9.59 Å². The first-order chi connectivity index (χ1) is 12.6. The third kappa shape index (κ3) is 3.24. The number of fused-ring (bicyclic) bond motifs is 1. The molecule has 4 heteroatoms. The number of benzene rings is 2. The summed E-state index contributed by atoms with van der Waals surface area (Å²) in [7, 11) is 0. The van der Waals surface area contributed by atoms with Gasteiger partial charge in [-0.15, -0.1) is 0 Å². The van der Waals surface area contributed by atoms with Crippen molar-refractivity contribution in [2.24, 2.45) is 0 Å². The lowest BCUT2D eigenvalue weighted by molar-refractivity contribution is -0.117. The number of rotatable bonds is 4. The lowest BCUT2D eigenvalue weighted by atomic mass is 10.0. The molecule has 2 aromatic carbocycles. The molecule has 26 heavy (non-hydrogen) atoms. The van der Waals surface area contributed by atoms with Crippen LogP contribution in [0, 0.1) is 0 Å². The predicted molar refractivity (Wildman–Crippen MR) is 102 cm³/mol. The van der Waals surface area contributed by atoms with Gasteiger partial charge in [-0.3, -0.25) is 9.59 Å². The van der Waals surface area contributed by atoms with Gasteiger partial charge in [0.2, 0.25) is 5.91 Å². The molecule has 4 nitrogen and oxygen atoms in total. The second-order valence-electron chi connectivity index (χ2n) is 7.28. The number of carbonyl (C=O) groups excluding carboxylic acids is 2. The number of nitrogens with one attached hydrogen (secondary N) is 1. The first-order valence-electron chi connectivity index (χ1n) is 9.45. The summed E-state index contributed by atoms with van der Waals surface area (Å²) in [4.78, 5) is 26.4. The Balaban J connectivity index is 1.48. The predicted octanol–water partition coefficient (Wildman–Crippen LogP) is 3.79. The summed E-state index contributed by atoms with van der Waals surface area (Å²) in [5.41, 5.74) is 5.40. The van der Waals surface area contributed by atoms with Crippen LogP contribution in [0.2, 0.25) is 0 Å². The largest absolute Gasteiger partial charge is 0.346 e. The van der Waals surface area contributed by atoms with E-state index in [1.54, 1.807) is 11.0 Å². The number of carbonyl (C=O) groups is 2. The Morgan fingerprint density at radius 3 is 2.69 bits per heavy atom. The number of amides is 2. The first-order valence-corrected chi connectivity index (χ1v) is 9.45. The third-order valence-corrected chi connectivity index (χ3v) is 5.46. The molecule has 2 aliphatic rings. The fourth-order valence-corrected chi connectivity index (χ4v) is 3.96. The highest BCUT2D eigenvalue weighted by Gasteiger charge is 2.22. The number of nitrogens with zero attached hydrogens (tertiary/aromatic N) is 1. The van der Waals surface area contributed by atoms with Crippen molar-refractivity contribution in [2.45, 2.75) is 45.1 Å². The number of anilines is 1. The van der Waals surface area contributed by atoms with Crippen LogP contribution in [0.15, 0.2) is 42.5 Å². The van der Waals surface area contributed by atoms with Crippen molar-refractivity contribution >= 4 is 17.5 Å². The van der Waals surface area contributed by atoms with Crippen molar-refractivity contribution < 1.29 is 9.59 Å². The summed E-state index contributed by atoms with van der Waals surface area (Å²) >= 11 is 0. The van der Waals surface area contributed by atoms with Gasteiger partial charge in [0.05, 0.1) is 6.04 Å². The quantitative estimate of drug-likeness (QED) is 0.914. The summed E-state index contributed by atoms with van der Waals surface area (Å²) in [5, 5.41) is 3.09. The summed E-state index contributed by atoms with van der Waals surface area (Å²) in [5.74, 6) is 0.0283. The monoisotopic (exact) mass is 348 g/mol. The van der Waals surface area contributed by atoms with E-state index in [1.165, 1.54) is 24.0 Å². The molecular weight excluding hydrogens is 324 g/mol. The smallest absolute Gasteiger partial charge is 0.251 e. The molecule has 0 saturated carbocycles. The van der Waals surface area contributed by atoms with Gasteiger partial charge in [-0.2, -0.15) is 0 Å². The van der Waals surface area contributed by atoms with Gasteiger partial charge in [0.1, 0.15) is 0 Å². The van der Waals surface area contributed by atoms with Gasteiger partial charge in [-0.1, -0.05) is 24.3 Å². The zero-order valence-corrected chi connectivity index (χ0v) is 15.1. The van der Waals surface area contributed by atoms with Crippen molar-refractivity contribution in [1.29, 1.82) is 0 Å². The third-order valence-electron chi connectivity index (χ3n) is 5.46. The van der Waals surface area contributed by atoms with E-state index in [-0.39, 0.29) is 17.9 Å². The maximum atomic E-state index is 12.7. The fourth-order valence-electron chi connectivity index (χ4n) is 3.96. The van der Waals surface area contributed by atoms with Gasteiger partial charge < -0.3 is 10.2 Å². The van der Waals surface area contributed by atoms with Crippen LogP contribution in [0.1, 0.15) is 59.3 Å². The van der Waals surface area contributed by atoms with Gasteiger partial charge in [0.15, 0.2) is 0 Å². The molecule has 0 radical (unpaired) electrons. The van der Waals surface area contributed by atoms with Gasteiger partial charge in [-0.05, 0) is 67.5 Å². The second-order valence-corrected chi connectivity index (χ2v) is 7.28. The average molecular weight is 348 g/mol. The van der Waals surface area contributed by atoms with Crippen molar-refractivity contribution in [3.05, 3.63) is 64.7 Å². The molecule has 0 spiro atoms. The maximum absolute atomic E-state index is 12.7. The molecule has 1 saturated heterocycles. The van der Waals surface area contributed by atoms with Crippen LogP contribution >= 0.6 is 0 Å². The molecule has 134 valence electrons. The van der Waals surface area contributed by atoms with Crippen LogP contribution in [0.3, 0.4) is 0 Å². The highest BCUT2D eigenvalue weighted by Crippen LogP contribution is 2.26. The Bertz CT molecular complexity index is 859. The molecular formula is C22H24N2O2. The van der Waals surface area contributed by atoms with Crippen LogP contribution in [-0.4, -0.2) is 18.4 Å². The molecule has 1 fully saturated rings. The van der Waals surface area contributed by atoms with Gasteiger partial charge >= 0.3 is 0 Å². The van der Waals surface area contributed by atoms with E-state index in [4.69, 9.17) is 0 Å². The van der Waals surface area contributed by atoms with E-state index in [1.807, 2.05) is 25.1 Å². The number of hydrogen-bond donors (Lipinski definition) is 1. The summed E-state index contributed by atoms with van der Waals surface area (Å²) in [6, 6.07) is 13.8. The molecule has 1 aliphatic carbocycles. The fraction of sp³-hybridized carbons (Fsp3) is 0.364. The Morgan fingerprint density at radius 2 is 1.88 bits per heavy atom. The Labute approximate surface area is 154 Å². The molecule has 0 unspecified atom stereocenters. The molecule has 2 aromatic rings. The topological polar surface area (TPSA) is 49.4 Å². The van der Waals surface area contributed by atoms with Crippen LogP contribution in [0.4, 0.5) is 5.69 Å². The molecule has 0 bridgehead atoms. The van der Waals surface area contributed by atoms with Gasteiger partial charge in [0.25, 0.3) is 5.91 Å². The lowest BCUT2D eigenvalue weighted by Gasteiger charge is -2.18. The Kier molecular flexibility index (Phi) is 4.49. The molecule has 0 aromatic heterocycles. The van der Waals surface area contributed by atoms with Crippen LogP contribution in [0.25, 0.3) is 0 Å². The van der Waals surface area contributed by atoms with E-state index in [2.05, 4.69) is 23.5 Å². The van der Waals surface area contributed by atoms with Crippen molar-refractivity contribution in [1.82, 2.24) is 5.32 Å². The lowest BCUT2D eigenvalue weighted by Crippen LogP contribution is -2.28. The molecule has 1 heterocycles. The van der Waals surface area contributed by atoms with Crippen LogP contribution < -0.4 is 10.2 Å². The Morgan fingerprint density at radius 1 is 1.04 bits per heavy atom. The normalized spacial score (nSPS) is 17.3. The molecule has 2 amide bonds. The van der Waals surface area contributed by atoms with E-state index in [0.29, 0.717) is 12.0 Å². The maximum Gasteiger partial charge on any atom is 0.251 e. The van der Waals surface area contributed by atoms with Crippen LogP contribution in [-0.2, 0) is 17.6 Å². The highest BCUT2D eigenvalue weighted by atomic mass is 16.2. The van der Waals surface area contributed by atoms with Crippen molar-refractivity contribution in [3.8, 4) is 0 Å². The SMILES string of the molecule is C[C@@H](NC(=O)c1cccc(N2CCCC2=O)c1)c1ccc2c(c1)CCC2. The number of hydrogen-bond acceptors (Lipinski definition) is 2. The summed E-state index contributed by atoms with van der Waals surface area (Å²) in [6.45, 7) is 2.75. The molecule has 1 N–H and O–H groups in total. The minimum atomic E-state index is -0.105. The average Bonchev–Trinajstić information content (AvgIpc) is 3.29. The summed E-state index contributed by atoms with van der Waals surface area (Å²) < 4.78 is 0. The minimum absolute atomic E-state index is 0.0505.